The summed E-state index contributed by atoms with van der Waals surface area (Å²) in [4.78, 5) is 15.4. The molecule has 0 bridgehead atoms. The molecule has 2 saturated heterocycles. The van der Waals surface area contributed by atoms with Gasteiger partial charge in [0.05, 0.1) is 35.9 Å². The minimum atomic E-state index is -1.77. The number of aliphatic hydroxyl groups is 4. The fourth-order valence-electron chi connectivity index (χ4n) is 7.33. The Bertz CT molecular complexity index is 1140. The SMILES string of the molecule is CC[C@H]1OC(=O)[C@H](C)[C@@H](O)[C@H](C)[C@@H](O[C@@H]2O[C@H](C)C[C@H](NC)[C@H]2Oc2ccc(F)cc2)[C@](C)(O)C[C@@H](C)CN(C)[C@H](C)[C@@H](O)[C@]1(C)O. The number of likely N-dealkylation sites (N-methyl/N-ethyl adjacent to an activating group) is 2. The van der Waals surface area contributed by atoms with Gasteiger partial charge in [-0.3, -0.25) is 4.79 Å². The molecule has 5 N–H and O–H groups in total. The lowest BCUT2D eigenvalue weighted by atomic mass is 9.78. The summed E-state index contributed by atoms with van der Waals surface area (Å²) in [5.74, 6) is -2.75. The molecule has 2 aliphatic heterocycles. The first kappa shape index (κ1) is 39.5. The summed E-state index contributed by atoms with van der Waals surface area (Å²) >= 11 is 0. The van der Waals surface area contributed by atoms with Gasteiger partial charge in [-0.1, -0.05) is 20.8 Å². The fraction of sp³-hybridized carbons (Fsp3) is 0.800. The van der Waals surface area contributed by atoms with E-state index < -0.39 is 77.7 Å². The number of aliphatic hydroxyl groups excluding tert-OH is 2. The molecule has 2 heterocycles. The fourth-order valence-corrected chi connectivity index (χ4v) is 7.33. The summed E-state index contributed by atoms with van der Waals surface area (Å²) in [7, 11) is 3.63. The number of rotatable bonds is 6. The van der Waals surface area contributed by atoms with E-state index in [4.69, 9.17) is 18.9 Å². The van der Waals surface area contributed by atoms with E-state index in [1.807, 2.05) is 25.8 Å². The van der Waals surface area contributed by atoms with Crippen molar-refractivity contribution in [3.8, 4) is 5.75 Å². The third-order valence-electron chi connectivity index (χ3n) is 10.3. The van der Waals surface area contributed by atoms with Gasteiger partial charge < -0.3 is 49.6 Å². The smallest absolute Gasteiger partial charge is 0.311 e. The molecule has 0 spiro atoms. The number of benzene rings is 1. The largest absolute Gasteiger partial charge is 0.483 e. The predicted octanol–water partition coefficient (Wildman–Crippen LogP) is 2.86. The van der Waals surface area contributed by atoms with Crippen LogP contribution in [-0.4, -0.2) is 118 Å². The number of nitrogens with one attached hydrogen (secondary N) is 1. The molecule has 3 rings (SSSR count). The van der Waals surface area contributed by atoms with Gasteiger partial charge in [0, 0.05) is 18.5 Å². The number of esters is 1. The molecule has 0 radical (unpaired) electrons. The van der Waals surface area contributed by atoms with Gasteiger partial charge in [0.2, 0.25) is 0 Å². The lowest BCUT2D eigenvalue weighted by Gasteiger charge is -2.46. The molecule has 47 heavy (non-hydrogen) atoms. The third-order valence-corrected chi connectivity index (χ3v) is 10.3. The van der Waals surface area contributed by atoms with Crippen molar-refractivity contribution in [2.45, 2.75) is 141 Å². The van der Waals surface area contributed by atoms with E-state index in [-0.39, 0.29) is 30.9 Å². The summed E-state index contributed by atoms with van der Waals surface area (Å²) in [6.45, 7) is 14.2. The van der Waals surface area contributed by atoms with Crippen LogP contribution in [0.3, 0.4) is 0 Å². The summed E-state index contributed by atoms with van der Waals surface area (Å²) < 4.78 is 38.7. The number of carbonyl (C=O) groups is 1. The average Bonchev–Trinajstić information content (AvgIpc) is 3.01. The number of nitrogens with zero attached hydrogens (tertiary/aromatic N) is 1. The second kappa shape index (κ2) is 16.2. The summed E-state index contributed by atoms with van der Waals surface area (Å²) in [5, 5.41) is 49.8. The molecule has 12 heteroatoms. The van der Waals surface area contributed by atoms with Crippen LogP contribution in [0, 0.1) is 23.6 Å². The summed E-state index contributed by atoms with van der Waals surface area (Å²) in [6.07, 6.45) is -5.58. The van der Waals surface area contributed by atoms with Gasteiger partial charge >= 0.3 is 5.97 Å². The van der Waals surface area contributed by atoms with Gasteiger partial charge in [-0.2, -0.15) is 0 Å². The van der Waals surface area contributed by atoms with Crippen LogP contribution in [0.1, 0.15) is 74.7 Å². The first-order chi connectivity index (χ1) is 21.8. The zero-order valence-electron chi connectivity index (χ0n) is 29.7. The number of carbonyl (C=O) groups excluding carboxylic acids is 1. The van der Waals surface area contributed by atoms with Crippen LogP contribution in [0.25, 0.3) is 0 Å². The molecular formula is C35H59FN2O9. The van der Waals surface area contributed by atoms with E-state index in [0.717, 1.165) is 0 Å². The molecule has 270 valence electrons. The van der Waals surface area contributed by atoms with Crippen molar-refractivity contribution in [2.75, 3.05) is 20.6 Å². The third kappa shape index (κ3) is 9.42. The number of cyclic esters (lactones) is 1. The van der Waals surface area contributed by atoms with Crippen LogP contribution in [0.5, 0.6) is 5.75 Å². The zero-order chi connectivity index (χ0) is 35.4. The molecule has 1 aromatic rings. The van der Waals surface area contributed by atoms with Crippen LogP contribution < -0.4 is 10.1 Å². The zero-order valence-corrected chi connectivity index (χ0v) is 29.7. The van der Waals surface area contributed by atoms with Crippen LogP contribution in [0.2, 0.25) is 0 Å². The van der Waals surface area contributed by atoms with Crippen LogP contribution >= 0.6 is 0 Å². The monoisotopic (exact) mass is 670 g/mol. The number of hydrogen-bond donors (Lipinski definition) is 5. The quantitative estimate of drug-likeness (QED) is 0.285. The average molecular weight is 671 g/mol. The van der Waals surface area contributed by atoms with Gasteiger partial charge in [0.25, 0.3) is 0 Å². The molecule has 11 nitrogen and oxygen atoms in total. The highest BCUT2D eigenvalue weighted by Gasteiger charge is 2.50. The van der Waals surface area contributed by atoms with Gasteiger partial charge in [0.15, 0.2) is 12.4 Å². The molecule has 2 fully saturated rings. The second-order valence-electron chi connectivity index (χ2n) is 14.5. The minimum absolute atomic E-state index is 0.130. The highest BCUT2D eigenvalue weighted by molar-refractivity contribution is 5.73. The van der Waals surface area contributed by atoms with E-state index in [1.54, 1.807) is 34.7 Å². The molecule has 2 aliphatic rings. The lowest BCUT2D eigenvalue weighted by molar-refractivity contribution is -0.290. The van der Waals surface area contributed by atoms with Gasteiger partial charge in [-0.25, -0.2) is 4.39 Å². The Balaban J connectivity index is 2.04. The highest BCUT2D eigenvalue weighted by atomic mass is 19.1. The molecule has 0 aromatic heterocycles. The van der Waals surface area contributed by atoms with E-state index >= 15 is 0 Å². The second-order valence-corrected chi connectivity index (χ2v) is 14.5. The summed E-state index contributed by atoms with van der Waals surface area (Å²) in [6, 6.07) is 4.90. The van der Waals surface area contributed by atoms with Crippen molar-refractivity contribution in [3.05, 3.63) is 30.1 Å². The highest BCUT2D eigenvalue weighted by Crippen LogP contribution is 2.37. The van der Waals surface area contributed by atoms with Crippen molar-refractivity contribution in [1.29, 1.82) is 0 Å². The normalized spacial score (nSPS) is 43.4. The maximum absolute atomic E-state index is 13.7. The summed E-state index contributed by atoms with van der Waals surface area (Å²) in [5.41, 5.74) is -3.31. The number of halogens is 1. The maximum Gasteiger partial charge on any atom is 0.311 e. The Labute approximate surface area is 279 Å². The Morgan fingerprint density at radius 2 is 1.70 bits per heavy atom. The van der Waals surface area contributed by atoms with Crippen molar-refractivity contribution < 1.29 is 48.6 Å². The van der Waals surface area contributed by atoms with Crippen molar-refractivity contribution >= 4 is 5.97 Å². The van der Waals surface area contributed by atoms with Gasteiger partial charge in [-0.15, -0.1) is 0 Å². The molecule has 0 amide bonds. The van der Waals surface area contributed by atoms with E-state index in [1.165, 1.54) is 38.1 Å². The van der Waals surface area contributed by atoms with Crippen LogP contribution in [-0.2, 0) is 19.0 Å². The van der Waals surface area contributed by atoms with E-state index in [0.29, 0.717) is 18.7 Å². The van der Waals surface area contributed by atoms with Crippen LogP contribution in [0.15, 0.2) is 24.3 Å². The first-order valence-corrected chi connectivity index (χ1v) is 17.0. The molecule has 0 saturated carbocycles. The van der Waals surface area contributed by atoms with Gasteiger partial charge in [0.1, 0.15) is 29.4 Å². The first-order valence-electron chi connectivity index (χ1n) is 17.0. The van der Waals surface area contributed by atoms with Crippen molar-refractivity contribution in [2.24, 2.45) is 17.8 Å². The Hall–Kier alpha value is -1.90. The Morgan fingerprint density at radius 1 is 1.09 bits per heavy atom. The predicted molar refractivity (Wildman–Crippen MR) is 175 cm³/mol. The van der Waals surface area contributed by atoms with E-state index in [9.17, 15) is 29.6 Å². The maximum atomic E-state index is 13.7. The van der Waals surface area contributed by atoms with Crippen LogP contribution in [0.4, 0.5) is 4.39 Å². The van der Waals surface area contributed by atoms with E-state index in [2.05, 4.69) is 5.32 Å². The number of ether oxygens (including phenoxy) is 4. The topological polar surface area (TPSA) is 150 Å². The van der Waals surface area contributed by atoms with Gasteiger partial charge in [-0.05, 0) is 98.2 Å². The van der Waals surface area contributed by atoms with Crippen molar-refractivity contribution in [1.82, 2.24) is 10.2 Å². The molecule has 0 unspecified atom stereocenters. The molecule has 1 aromatic carbocycles. The molecule has 14 atom stereocenters. The van der Waals surface area contributed by atoms with Crippen molar-refractivity contribution in [3.63, 3.8) is 0 Å². The Kier molecular flexibility index (Phi) is 13.6. The standard InChI is InChI=1S/C35H59FN2O9/c1-11-27-35(8,43)30(40)23(6)38(10)18-19(2)17-34(7,42)31(21(4)28(39)22(5)32(41)46-27)47-33-29(26(37-9)16-20(3)44-33)45-25-14-12-24(36)13-15-25/h12-15,19-23,26-31,33,37,39-40,42-43H,11,16-18H2,1-10H3/t19-,20-,21+,22-,23-,26+,27-,28+,29-,30-,31-,33+,34-,35-/m1/s1. The molecular weight excluding hydrogens is 611 g/mol. The lowest BCUT2D eigenvalue weighted by Crippen LogP contribution is -2.60. The molecule has 0 aliphatic carbocycles. The number of hydrogen-bond acceptors (Lipinski definition) is 11. The minimum Gasteiger partial charge on any atom is -0.483 e. The Morgan fingerprint density at radius 3 is 2.28 bits per heavy atom.